The topological polar surface area (TPSA) is 50.4 Å². The lowest BCUT2D eigenvalue weighted by Gasteiger charge is -2.28. The van der Waals surface area contributed by atoms with Crippen LogP contribution >= 0.6 is 11.6 Å². The number of halogens is 2. The third kappa shape index (κ3) is 4.31. The molecule has 2 bridgehead atoms. The van der Waals surface area contributed by atoms with E-state index in [0.717, 1.165) is 29.5 Å². The van der Waals surface area contributed by atoms with Gasteiger partial charge in [-0.05, 0) is 68.4 Å². The molecule has 4 nitrogen and oxygen atoms in total. The molecule has 0 saturated carbocycles. The van der Waals surface area contributed by atoms with E-state index in [1.807, 2.05) is 25.1 Å². The molecule has 0 aromatic heterocycles. The fourth-order valence-electron chi connectivity index (χ4n) is 4.32. The van der Waals surface area contributed by atoms with E-state index < -0.39 is 11.9 Å². The van der Waals surface area contributed by atoms with Crippen molar-refractivity contribution in [2.45, 2.75) is 44.7 Å². The van der Waals surface area contributed by atoms with Gasteiger partial charge < -0.3 is 10.1 Å². The normalized spacial score (nSPS) is 23.5. The number of aryl methyl sites for hydroxylation is 1. The third-order valence-corrected chi connectivity index (χ3v) is 5.95. The molecular formula is C22H24ClFN2O2. The van der Waals surface area contributed by atoms with Crippen molar-refractivity contribution in [1.29, 1.82) is 0 Å². The summed E-state index contributed by atoms with van der Waals surface area (Å²) in [5.74, 6) is -0.0548. The largest absolute Gasteiger partial charge is 0.449 e. The predicted octanol–water partition coefficient (Wildman–Crippen LogP) is 5.53. The molecule has 2 unspecified atom stereocenters. The van der Waals surface area contributed by atoms with Crippen LogP contribution in [0.25, 0.3) is 11.1 Å². The molecule has 2 aromatic rings. The molecule has 0 aliphatic carbocycles. The Morgan fingerprint density at radius 2 is 1.96 bits per heavy atom. The Morgan fingerprint density at radius 3 is 2.68 bits per heavy atom. The monoisotopic (exact) mass is 402 g/mol. The van der Waals surface area contributed by atoms with Crippen LogP contribution in [0.4, 0.5) is 14.9 Å². The number of hydrogen-bond acceptors (Lipinski definition) is 3. The van der Waals surface area contributed by atoms with Crippen molar-refractivity contribution in [3.63, 3.8) is 0 Å². The second-order valence-corrected chi connectivity index (χ2v) is 8.28. The number of hydrogen-bond donors (Lipinski definition) is 2. The minimum absolute atomic E-state index is 0.0491. The molecular weight excluding hydrogens is 379 g/mol. The number of carbonyl (C=O) groups excluding carboxylic acids is 1. The number of fused-ring (bicyclic) bond motifs is 2. The molecule has 6 heteroatoms. The molecule has 4 rings (SSSR count). The molecule has 2 aliphatic heterocycles. The lowest BCUT2D eigenvalue weighted by atomic mass is 9.93. The number of ether oxygens (including phenoxy) is 1. The van der Waals surface area contributed by atoms with E-state index in [1.54, 1.807) is 12.1 Å². The van der Waals surface area contributed by atoms with Crippen LogP contribution in [0.2, 0.25) is 5.02 Å². The van der Waals surface area contributed by atoms with Crippen molar-refractivity contribution in [3.05, 3.63) is 52.8 Å². The Labute approximate surface area is 169 Å². The Balaban J connectivity index is 1.44. The summed E-state index contributed by atoms with van der Waals surface area (Å²) < 4.78 is 19.0. The van der Waals surface area contributed by atoms with Crippen LogP contribution in [-0.2, 0) is 4.74 Å². The Bertz CT molecular complexity index is 877. The molecule has 2 N–H and O–H groups in total. The van der Waals surface area contributed by atoms with Gasteiger partial charge in [-0.25, -0.2) is 9.18 Å². The zero-order chi connectivity index (χ0) is 19.7. The van der Waals surface area contributed by atoms with Crippen LogP contribution in [0.15, 0.2) is 36.4 Å². The maximum atomic E-state index is 13.5. The van der Waals surface area contributed by atoms with Crippen molar-refractivity contribution in [1.82, 2.24) is 5.32 Å². The van der Waals surface area contributed by atoms with E-state index >= 15 is 0 Å². The van der Waals surface area contributed by atoms with Gasteiger partial charge in [0.15, 0.2) is 0 Å². The highest BCUT2D eigenvalue weighted by Crippen LogP contribution is 2.33. The molecule has 2 saturated heterocycles. The summed E-state index contributed by atoms with van der Waals surface area (Å²) in [6.07, 6.45) is 4.10. The molecule has 0 radical (unpaired) electrons. The summed E-state index contributed by atoms with van der Waals surface area (Å²) in [6.45, 7) is 2.40. The lowest BCUT2D eigenvalue weighted by molar-refractivity contribution is 0.122. The quantitative estimate of drug-likeness (QED) is 0.706. The maximum Gasteiger partial charge on any atom is 0.411 e. The summed E-state index contributed by atoms with van der Waals surface area (Å²) in [5.41, 5.74) is 3.15. The van der Waals surface area contributed by atoms with Crippen LogP contribution in [0.3, 0.4) is 0 Å². The zero-order valence-corrected chi connectivity index (χ0v) is 16.6. The van der Waals surface area contributed by atoms with Crippen molar-refractivity contribution < 1.29 is 13.9 Å². The van der Waals surface area contributed by atoms with Crippen molar-refractivity contribution in [2.24, 2.45) is 5.92 Å². The highest BCUT2D eigenvalue weighted by atomic mass is 35.5. The van der Waals surface area contributed by atoms with Crippen LogP contribution in [-0.4, -0.2) is 24.8 Å². The average molecular weight is 403 g/mol. The summed E-state index contributed by atoms with van der Waals surface area (Å²) in [4.78, 5) is 12.4. The van der Waals surface area contributed by atoms with Gasteiger partial charge in [0, 0.05) is 17.6 Å². The molecule has 148 valence electrons. The van der Waals surface area contributed by atoms with E-state index in [1.165, 1.54) is 18.9 Å². The molecule has 2 heterocycles. The number of nitrogens with one attached hydrogen (secondary N) is 2. The molecule has 0 spiro atoms. The minimum Gasteiger partial charge on any atom is -0.449 e. The van der Waals surface area contributed by atoms with Gasteiger partial charge in [-0.1, -0.05) is 29.3 Å². The number of anilines is 1. The van der Waals surface area contributed by atoms with Gasteiger partial charge >= 0.3 is 6.09 Å². The first kappa shape index (κ1) is 19.2. The van der Waals surface area contributed by atoms with Gasteiger partial charge in [-0.2, -0.15) is 0 Å². The maximum absolute atomic E-state index is 13.5. The van der Waals surface area contributed by atoms with Crippen LogP contribution < -0.4 is 10.6 Å². The first-order chi connectivity index (χ1) is 13.5. The molecule has 28 heavy (non-hydrogen) atoms. The second-order valence-electron chi connectivity index (χ2n) is 7.88. The predicted molar refractivity (Wildman–Crippen MR) is 109 cm³/mol. The van der Waals surface area contributed by atoms with Crippen LogP contribution in [0, 0.1) is 18.7 Å². The fraction of sp³-hybridized carbons (Fsp3) is 0.409. The molecule has 2 fully saturated rings. The summed E-state index contributed by atoms with van der Waals surface area (Å²) >= 11 is 5.93. The first-order valence-electron chi connectivity index (χ1n) is 9.74. The zero-order valence-electron chi connectivity index (χ0n) is 15.8. The standard InChI is InChI=1S/C22H24ClFN2O2/c1-13-2-7-21(18(8-13)15-3-6-20(24)19(23)11-15)26-22(27)28-12-14-9-16-4-5-17(10-14)25-16/h2-3,6-8,11,14,16-17,25H,4-5,9-10,12H2,1H3,(H,26,27). The van der Waals surface area contributed by atoms with E-state index in [9.17, 15) is 9.18 Å². The lowest BCUT2D eigenvalue weighted by Crippen LogP contribution is -2.39. The van der Waals surface area contributed by atoms with E-state index in [2.05, 4.69) is 10.6 Å². The molecule has 1 amide bonds. The second kappa shape index (κ2) is 8.10. The Morgan fingerprint density at radius 1 is 1.21 bits per heavy atom. The van der Waals surface area contributed by atoms with Gasteiger partial charge in [-0.3, -0.25) is 5.32 Å². The fourth-order valence-corrected chi connectivity index (χ4v) is 4.50. The number of amides is 1. The summed E-state index contributed by atoms with van der Waals surface area (Å²) in [7, 11) is 0. The van der Waals surface area contributed by atoms with Gasteiger partial charge in [0.2, 0.25) is 0 Å². The average Bonchev–Trinajstić information content (AvgIpc) is 3.02. The number of rotatable bonds is 4. The van der Waals surface area contributed by atoms with Gasteiger partial charge in [0.25, 0.3) is 0 Å². The van der Waals surface area contributed by atoms with Gasteiger partial charge in [0.05, 0.1) is 17.3 Å². The van der Waals surface area contributed by atoms with Crippen molar-refractivity contribution in [3.8, 4) is 11.1 Å². The number of carbonyl (C=O) groups is 1. The molecule has 2 aromatic carbocycles. The molecule has 2 atom stereocenters. The van der Waals surface area contributed by atoms with Crippen molar-refractivity contribution in [2.75, 3.05) is 11.9 Å². The number of piperidine rings is 1. The van der Waals surface area contributed by atoms with Crippen LogP contribution in [0.1, 0.15) is 31.2 Å². The summed E-state index contributed by atoms with van der Waals surface area (Å²) in [5, 5.41) is 6.48. The van der Waals surface area contributed by atoms with E-state index in [4.69, 9.17) is 16.3 Å². The van der Waals surface area contributed by atoms with Gasteiger partial charge in [-0.15, -0.1) is 0 Å². The first-order valence-corrected chi connectivity index (χ1v) is 10.1. The SMILES string of the molecule is Cc1ccc(NC(=O)OCC2CC3CCC(C2)N3)c(-c2ccc(F)c(Cl)c2)c1. The van der Waals surface area contributed by atoms with E-state index in [-0.39, 0.29) is 5.02 Å². The highest BCUT2D eigenvalue weighted by Gasteiger charge is 2.33. The number of benzene rings is 2. The summed E-state index contributed by atoms with van der Waals surface area (Å²) in [6, 6.07) is 11.4. The third-order valence-electron chi connectivity index (χ3n) is 5.66. The highest BCUT2D eigenvalue weighted by molar-refractivity contribution is 6.31. The van der Waals surface area contributed by atoms with Gasteiger partial charge in [0.1, 0.15) is 5.82 Å². The van der Waals surface area contributed by atoms with Crippen LogP contribution in [0.5, 0.6) is 0 Å². The Hall–Kier alpha value is -2.11. The smallest absolute Gasteiger partial charge is 0.411 e. The van der Waals surface area contributed by atoms with E-state index in [0.29, 0.717) is 30.3 Å². The minimum atomic E-state index is -0.470. The Kier molecular flexibility index (Phi) is 5.56. The molecule has 2 aliphatic rings. The van der Waals surface area contributed by atoms with Crippen molar-refractivity contribution >= 4 is 23.4 Å².